The number of halogens is 1. The first kappa shape index (κ1) is 15.5. The lowest BCUT2D eigenvalue weighted by Gasteiger charge is -2.18. The normalized spacial score (nSPS) is 10.2. The molecule has 4 nitrogen and oxygen atoms in total. The molecule has 0 saturated carbocycles. The van der Waals surface area contributed by atoms with E-state index in [1.54, 1.807) is 43.6 Å². The smallest absolute Gasteiger partial charge is 0.257 e. The van der Waals surface area contributed by atoms with Crippen molar-refractivity contribution < 1.29 is 9.53 Å². The fraction of sp³-hybridized carbons (Fsp3) is 0.250. The molecule has 1 aromatic carbocycles. The summed E-state index contributed by atoms with van der Waals surface area (Å²) in [6.07, 6.45) is 4.31. The maximum Gasteiger partial charge on any atom is 0.257 e. The van der Waals surface area contributed by atoms with E-state index in [-0.39, 0.29) is 5.91 Å². The third-order valence-electron chi connectivity index (χ3n) is 3.23. The topological polar surface area (TPSA) is 42.4 Å². The lowest BCUT2D eigenvalue weighted by Crippen LogP contribution is -2.29. The fourth-order valence-corrected chi connectivity index (χ4v) is 2.34. The zero-order valence-corrected chi connectivity index (χ0v) is 13.6. The number of aromatic nitrogens is 1. The number of amides is 1. The lowest BCUT2D eigenvalue weighted by molar-refractivity contribution is 0.0793. The van der Waals surface area contributed by atoms with Crippen LogP contribution in [0.2, 0.25) is 0 Å². The Labute approximate surface area is 132 Å². The molecule has 0 N–H and O–H groups in total. The molecule has 0 unspecified atom stereocenters. The molecule has 110 valence electrons. The molecule has 0 aliphatic carbocycles. The van der Waals surface area contributed by atoms with Gasteiger partial charge in [-0.2, -0.15) is 0 Å². The van der Waals surface area contributed by atoms with E-state index in [0.717, 1.165) is 16.5 Å². The Morgan fingerprint density at radius 3 is 2.67 bits per heavy atom. The number of carbonyl (C=O) groups is 1. The van der Waals surface area contributed by atoms with E-state index in [4.69, 9.17) is 4.74 Å². The van der Waals surface area contributed by atoms with Gasteiger partial charge in [0.25, 0.3) is 5.91 Å². The molecule has 0 atom stereocenters. The van der Waals surface area contributed by atoms with Gasteiger partial charge in [-0.3, -0.25) is 9.78 Å². The summed E-state index contributed by atoms with van der Waals surface area (Å²) < 4.78 is 6.16. The predicted molar refractivity (Wildman–Crippen MR) is 85.6 cm³/mol. The highest BCUT2D eigenvalue weighted by Gasteiger charge is 2.16. The summed E-state index contributed by atoms with van der Waals surface area (Å²) >= 11 is 3.37. The van der Waals surface area contributed by atoms with Gasteiger partial charge >= 0.3 is 0 Å². The summed E-state index contributed by atoms with van der Waals surface area (Å²) in [6.45, 7) is 0.641. The van der Waals surface area contributed by atoms with Gasteiger partial charge in [0.15, 0.2) is 0 Å². The van der Waals surface area contributed by atoms with Crippen LogP contribution in [0.3, 0.4) is 0 Å². The van der Waals surface area contributed by atoms with Crippen molar-refractivity contribution in [3.8, 4) is 5.75 Å². The summed E-state index contributed by atoms with van der Waals surface area (Å²) in [5.41, 5.74) is 1.73. The average molecular weight is 349 g/mol. The highest BCUT2D eigenvalue weighted by molar-refractivity contribution is 9.10. The molecule has 2 aromatic rings. The first-order chi connectivity index (χ1) is 10.1. The summed E-state index contributed by atoms with van der Waals surface area (Å²) in [7, 11) is 3.36. The van der Waals surface area contributed by atoms with Crippen molar-refractivity contribution in [1.29, 1.82) is 0 Å². The van der Waals surface area contributed by atoms with Crippen LogP contribution in [0.5, 0.6) is 5.75 Å². The SMILES string of the molecule is COc1cc(Br)ccc1C(=O)N(C)CCc1ccncc1. The number of pyridine rings is 1. The van der Waals surface area contributed by atoms with Crippen LogP contribution in [0.1, 0.15) is 15.9 Å². The number of methoxy groups -OCH3 is 1. The third kappa shape index (κ3) is 4.04. The highest BCUT2D eigenvalue weighted by atomic mass is 79.9. The van der Waals surface area contributed by atoms with Crippen molar-refractivity contribution in [2.75, 3.05) is 20.7 Å². The summed E-state index contributed by atoms with van der Waals surface area (Å²) in [5, 5.41) is 0. The van der Waals surface area contributed by atoms with E-state index in [1.165, 1.54) is 0 Å². The van der Waals surface area contributed by atoms with Gasteiger partial charge in [0, 0.05) is 30.5 Å². The standard InChI is InChI=1S/C16H17BrN2O2/c1-19(10-7-12-5-8-18-9-6-12)16(20)14-4-3-13(17)11-15(14)21-2/h3-6,8-9,11H,7,10H2,1-2H3. The van der Waals surface area contributed by atoms with E-state index in [9.17, 15) is 4.79 Å². The second-order valence-electron chi connectivity index (χ2n) is 4.68. The molecule has 0 aliphatic rings. The Morgan fingerprint density at radius 1 is 1.29 bits per heavy atom. The molecular weight excluding hydrogens is 332 g/mol. The van der Waals surface area contributed by atoms with Gasteiger partial charge < -0.3 is 9.64 Å². The zero-order chi connectivity index (χ0) is 15.2. The van der Waals surface area contributed by atoms with Crippen LogP contribution in [0.4, 0.5) is 0 Å². The Kier molecular flexibility index (Phi) is 5.33. The van der Waals surface area contributed by atoms with Crippen LogP contribution < -0.4 is 4.74 Å². The number of hydrogen-bond acceptors (Lipinski definition) is 3. The monoisotopic (exact) mass is 348 g/mol. The van der Waals surface area contributed by atoms with E-state index >= 15 is 0 Å². The Balaban J connectivity index is 2.05. The van der Waals surface area contributed by atoms with E-state index in [2.05, 4.69) is 20.9 Å². The molecule has 2 rings (SSSR count). The molecule has 1 amide bonds. The molecule has 0 bridgehead atoms. The van der Waals surface area contributed by atoms with Crippen molar-refractivity contribution in [2.45, 2.75) is 6.42 Å². The molecule has 1 aromatic heterocycles. The summed E-state index contributed by atoms with van der Waals surface area (Å²) in [4.78, 5) is 18.2. The first-order valence-electron chi connectivity index (χ1n) is 6.59. The molecule has 5 heteroatoms. The fourth-order valence-electron chi connectivity index (χ4n) is 2.00. The van der Waals surface area contributed by atoms with Crippen molar-refractivity contribution in [3.63, 3.8) is 0 Å². The molecule has 0 radical (unpaired) electrons. The van der Waals surface area contributed by atoms with E-state index in [0.29, 0.717) is 17.9 Å². The van der Waals surface area contributed by atoms with Gasteiger partial charge in [-0.25, -0.2) is 0 Å². The lowest BCUT2D eigenvalue weighted by atomic mass is 10.1. The van der Waals surface area contributed by atoms with Gasteiger partial charge in [-0.15, -0.1) is 0 Å². The van der Waals surface area contributed by atoms with E-state index < -0.39 is 0 Å². The minimum absolute atomic E-state index is 0.0478. The van der Waals surface area contributed by atoms with Crippen LogP contribution in [-0.2, 0) is 6.42 Å². The molecular formula is C16H17BrN2O2. The van der Waals surface area contributed by atoms with Crippen LogP contribution in [0.15, 0.2) is 47.2 Å². The summed E-state index contributed by atoms with van der Waals surface area (Å²) in [6, 6.07) is 9.32. The highest BCUT2D eigenvalue weighted by Crippen LogP contribution is 2.24. The maximum absolute atomic E-state index is 12.5. The van der Waals surface area contributed by atoms with Gasteiger partial charge in [0.1, 0.15) is 5.75 Å². The van der Waals surface area contributed by atoms with Gasteiger partial charge in [-0.05, 0) is 42.3 Å². The van der Waals surface area contributed by atoms with Crippen LogP contribution >= 0.6 is 15.9 Å². The molecule has 0 spiro atoms. The number of ether oxygens (including phenoxy) is 1. The summed E-state index contributed by atoms with van der Waals surface area (Å²) in [5.74, 6) is 0.526. The number of nitrogens with zero attached hydrogens (tertiary/aromatic N) is 2. The first-order valence-corrected chi connectivity index (χ1v) is 7.39. The van der Waals surface area contributed by atoms with Crippen molar-refractivity contribution in [3.05, 3.63) is 58.3 Å². The Hall–Kier alpha value is -1.88. The largest absolute Gasteiger partial charge is 0.496 e. The van der Waals surface area contributed by atoms with E-state index in [1.807, 2.05) is 18.2 Å². The molecule has 0 aliphatic heterocycles. The molecule has 0 saturated heterocycles. The maximum atomic E-state index is 12.5. The zero-order valence-electron chi connectivity index (χ0n) is 12.0. The number of rotatable bonds is 5. The van der Waals surface area contributed by atoms with Crippen LogP contribution in [-0.4, -0.2) is 36.5 Å². The Bertz CT molecular complexity index is 617. The van der Waals surface area contributed by atoms with Crippen LogP contribution in [0.25, 0.3) is 0 Å². The second-order valence-corrected chi connectivity index (χ2v) is 5.59. The Morgan fingerprint density at radius 2 is 2.00 bits per heavy atom. The third-order valence-corrected chi connectivity index (χ3v) is 3.72. The van der Waals surface area contributed by atoms with Crippen molar-refractivity contribution in [1.82, 2.24) is 9.88 Å². The molecule has 21 heavy (non-hydrogen) atoms. The number of carbonyl (C=O) groups excluding carboxylic acids is 1. The molecule has 0 fully saturated rings. The quantitative estimate of drug-likeness (QED) is 0.833. The van der Waals surface area contributed by atoms with Crippen LogP contribution in [0, 0.1) is 0 Å². The van der Waals surface area contributed by atoms with Crippen molar-refractivity contribution in [2.24, 2.45) is 0 Å². The average Bonchev–Trinajstić information content (AvgIpc) is 2.52. The minimum Gasteiger partial charge on any atom is -0.496 e. The van der Waals surface area contributed by atoms with Gasteiger partial charge in [-0.1, -0.05) is 15.9 Å². The number of likely N-dealkylation sites (N-methyl/N-ethyl adjacent to an activating group) is 1. The minimum atomic E-state index is -0.0478. The van der Waals surface area contributed by atoms with Crippen molar-refractivity contribution >= 4 is 21.8 Å². The number of hydrogen-bond donors (Lipinski definition) is 0. The second kappa shape index (κ2) is 7.22. The predicted octanol–water partition coefficient (Wildman–Crippen LogP) is 3.17. The van der Waals surface area contributed by atoms with Gasteiger partial charge in [0.2, 0.25) is 0 Å². The van der Waals surface area contributed by atoms with Gasteiger partial charge in [0.05, 0.1) is 12.7 Å². The number of benzene rings is 1. The molecule has 1 heterocycles.